The van der Waals surface area contributed by atoms with Crippen LogP contribution < -0.4 is 11.5 Å². The summed E-state index contributed by atoms with van der Waals surface area (Å²) in [6, 6.07) is 0. The highest BCUT2D eigenvalue weighted by molar-refractivity contribution is 4.83. The first kappa shape index (κ1) is 10.4. The number of rotatable bonds is 6. The molecule has 0 amide bonds. The molecule has 0 saturated carbocycles. The highest BCUT2D eigenvalue weighted by Crippen LogP contribution is 1.90. The third-order valence-electron chi connectivity index (χ3n) is 1.30. The van der Waals surface area contributed by atoms with E-state index >= 15 is 0 Å². The standard InChI is InChI=1S/C7H17N3O/c1-7(11)6-10(4-2-8)5-3-9/h11H,1-6,8-9H2. The number of aliphatic hydroxyl groups excluding tert-OH is 1. The topological polar surface area (TPSA) is 75.5 Å². The van der Waals surface area contributed by atoms with E-state index in [0.717, 1.165) is 13.1 Å². The predicted molar refractivity (Wildman–Crippen MR) is 46.3 cm³/mol. The van der Waals surface area contributed by atoms with E-state index in [1.807, 2.05) is 4.90 Å². The lowest BCUT2D eigenvalue weighted by Crippen LogP contribution is -2.35. The molecule has 66 valence electrons. The molecule has 0 atom stereocenters. The minimum atomic E-state index is 0.159. The quantitative estimate of drug-likeness (QED) is 0.447. The second-order valence-corrected chi connectivity index (χ2v) is 2.42. The summed E-state index contributed by atoms with van der Waals surface area (Å²) < 4.78 is 0. The monoisotopic (exact) mass is 159 g/mol. The molecule has 0 saturated heterocycles. The Balaban J connectivity index is 3.59. The second-order valence-electron chi connectivity index (χ2n) is 2.42. The Bertz CT molecular complexity index is 110. The van der Waals surface area contributed by atoms with E-state index in [-0.39, 0.29) is 5.76 Å². The summed E-state index contributed by atoms with van der Waals surface area (Å²) in [5.41, 5.74) is 10.7. The molecule has 4 heteroatoms. The Morgan fingerprint density at radius 1 is 1.27 bits per heavy atom. The van der Waals surface area contributed by atoms with Crippen molar-refractivity contribution in [2.24, 2.45) is 11.5 Å². The van der Waals surface area contributed by atoms with Gasteiger partial charge in [0.1, 0.15) is 0 Å². The van der Waals surface area contributed by atoms with Crippen molar-refractivity contribution in [3.05, 3.63) is 12.3 Å². The number of aliphatic hydroxyl groups is 1. The lowest BCUT2D eigenvalue weighted by molar-refractivity contribution is 0.261. The Morgan fingerprint density at radius 3 is 2.00 bits per heavy atom. The fourth-order valence-electron chi connectivity index (χ4n) is 0.893. The average Bonchev–Trinajstić information content (AvgIpc) is 1.87. The van der Waals surface area contributed by atoms with Crippen LogP contribution in [-0.4, -0.2) is 42.7 Å². The largest absolute Gasteiger partial charge is 0.512 e. The van der Waals surface area contributed by atoms with Gasteiger partial charge in [-0.1, -0.05) is 6.58 Å². The first-order chi connectivity index (χ1) is 5.20. The van der Waals surface area contributed by atoms with Crippen molar-refractivity contribution in [1.29, 1.82) is 0 Å². The van der Waals surface area contributed by atoms with Crippen LogP contribution in [0.25, 0.3) is 0 Å². The van der Waals surface area contributed by atoms with Crippen molar-refractivity contribution in [1.82, 2.24) is 4.90 Å². The van der Waals surface area contributed by atoms with Crippen molar-refractivity contribution >= 4 is 0 Å². The van der Waals surface area contributed by atoms with Gasteiger partial charge in [-0.25, -0.2) is 0 Å². The molecule has 0 aliphatic carbocycles. The molecule has 0 fully saturated rings. The van der Waals surface area contributed by atoms with Crippen molar-refractivity contribution in [2.45, 2.75) is 0 Å². The summed E-state index contributed by atoms with van der Waals surface area (Å²) >= 11 is 0. The van der Waals surface area contributed by atoms with E-state index in [1.165, 1.54) is 0 Å². The molecule has 0 heterocycles. The summed E-state index contributed by atoms with van der Waals surface area (Å²) in [6.45, 7) is 6.51. The first-order valence-corrected chi connectivity index (χ1v) is 3.70. The molecule has 0 radical (unpaired) electrons. The molecule has 0 unspecified atom stereocenters. The van der Waals surface area contributed by atoms with Crippen LogP contribution in [0.4, 0.5) is 0 Å². The Morgan fingerprint density at radius 2 is 1.73 bits per heavy atom. The van der Waals surface area contributed by atoms with Gasteiger partial charge < -0.3 is 16.6 Å². The van der Waals surface area contributed by atoms with E-state index in [2.05, 4.69) is 6.58 Å². The zero-order chi connectivity index (χ0) is 8.69. The van der Waals surface area contributed by atoms with Crippen LogP contribution in [0.15, 0.2) is 12.3 Å². The molecule has 0 spiro atoms. The van der Waals surface area contributed by atoms with E-state index in [0.29, 0.717) is 19.6 Å². The zero-order valence-electron chi connectivity index (χ0n) is 6.79. The molecule has 0 aliphatic heterocycles. The molecule has 5 N–H and O–H groups in total. The minimum absolute atomic E-state index is 0.159. The fourth-order valence-corrected chi connectivity index (χ4v) is 0.893. The predicted octanol–water partition coefficient (Wildman–Crippen LogP) is -0.722. The maximum Gasteiger partial charge on any atom is 0.0991 e. The first-order valence-electron chi connectivity index (χ1n) is 3.70. The van der Waals surface area contributed by atoms with Crippen LogP contribution in [0.1, 0.15) is 0 Å². The molecular formula is C7H17N3O. The van der Waals surface area contributed by atoms with E-state index in [4.69, 9.17) is 16.6 Å². The van der Waals surface area contributed by atoms with Crippen LogP contribution >= 0.6 is 0 Å². The maximum atomic E-state index is 8.86. The van der Waals surface area contributed by atoms with Crippen LogP contribution in [0.2, 0.25) is 0 Å². The Labute approximate surface area is 67.5 Å². The summed E-state index contributed by atoms with van der Waals surface area (Å²) in [5.74, 6) is 0.159. The molecule has 0 aromatic heterocycles. The second kappa shape index (κ2) is 6.15. The van der Waals surface area contributed by atoms with Gasteiger partial charge in [0.05, 0.1) is 12.3 Å². The molecule has 0 aromatic rings. The van der Waals surface area contributed by atoms with Gasteiger partial charge in [0.2, 0.25) is 0 Å². The summed E-state index contributed by atoms with van der Waals surface area (Å²) in [7, 11) is 0. The van der Waals surface area contributed by atoms with Crippen LogP contribution in [0, 0.1) is 0 Å². The number of hydrogen-bond donors (Lipinski definition) is 3. The third-order valence-corrected chi connectivity index (χ3v) is 1.30. The number of nitrogens with two attached hydrogens (primary N) is 2. The third kappa shape index (κ3) is 5.84. The highest BCUT2D eigenvalue weighted by Gasteiger charge is 2.02. The lowest BCUT2D eigenvalue weighted by atomic mass is 10.4. The molecular weight excluding hydrogens is 142 g/mol. The van der Waals surface area contributed by atoms with E-state index in [9.17, 15) is 0 Å². The van der Waals surface area contributed by atoms with Gasteiger partial charge >= 0.3 is 0 Å². The average molecular weight is 159 g/mol. The van der Waals surface area contributed by atoms with Crippen molar-refractivity contribution in [3.8, 4) is 0 Å². The Hall–Kier alpha value is -0.580. The van der Waals surface area contributed by atoms with Crippen molar-refractivity contribution < 1.29 is 5.11 Å². The zero-order valence-corrected chi connectivity index (χ0v) is 6.79. The van der Waals surface area contributed by atoms with Gasteiger partial charge in [-0.05, 0) is 0 Å². The van der Waals surface area contributed by atoms with E-state index in [1.54, 1.807) is 0 Å². The van der Waals surface area contributed by atoms with Gasteiger partial charge in [-0.15, -0.1) is 0 Å². The van der Waals surface area contributed by atoms with Crippen molar-refractivity contribution in [2.75, 3.05) is 32.7 Å². The fraction of sp³-hybridized carbons (Fsp3) is 0.714. The Kier molecular flexibility index (Phi) is 5.83. The smallest absolute Gasteiger partial charge is 0.0991 e. The molecule has 4 nitrogen and oxygen atoms in total. The van der Waals surface area contributed by atoms with Crippen LogP contribution in [0.3, 0.4) is 0 Å². The number of hydrogen-bond acceptors (Lipinski definition) is 4. The summed E-state index contributed by atoms with van der Waals surface area (Å²) in [6.07, 6.45) is 0. The van der Waals surface area contributed by atoms with Gasteiger partial charge in [0.15, 0.2) is 0 Å². The molecule has 0 rings (SSSR count). The van der Waals surface area contributed by atoms with Crippen LogP contribution in [0.5, 0.6) is 0 Å². The number of nitrogens with zero attached hydrogens (tertiary/aromatic N) is 1. The van der Waals surface area contributed by atoms with Gasteiger partial charge in [-0.2, -0.15) is 0 Å². The summed E-state index contributed by atoms with van der Waals surface area (Å²) in [5, 5.41) is 8.86. The summed E-state index contributed by atoms with van der Waals surface area (Å²) in [4.78, 5) is 1.96. The van der Waals surface area contributed by atoms with Crippen LogP contribution in [-0.2, 0) is 0 Å². The molecule has 0 aliphatic rings. The molecule has 0 bridgehead atoms. The normalized spacial score (nSPS) is 10.5. The minimum Gasteiger partial charge on any atom is -0.512 e. The maximum absolute atomic E-state index is 8.86. The molecule has 11 heavy (non-hydrogen) atoms. The highest BCUT2D eigenvalue weighted by atomic mass is 16.3. The van der Waals surface area contributed by atoms with E-state index < -0.39 is 0 Å². The SMILES string of the molecule is C=C(O)CN(CCN)CCN. The van der Waals surface area contributed by atoms with Gasteiger partial charge in [-0.3, -0.25) is 4.90 Å². The van der Waals surface area contributed by atoms with Gasteiger partial charge in [0.25, 0.3) is 0 Å². The van der Waals surface area contributed by atoms with Crippen molar-refractivity contribution in [3.63, 3.8) is 0 Å². The lowest BCUT2D eigenvalue weighted by Gasteiger charge is -2.19. The van der Waals surface area contributed by atoms with Gasteiger partial charge in [0, 0.05) is 26.2 Å². The molecule has 0 aromatic carbocycles.